The maximum Gasteiger partial charge on any atom is 0.562 e. The van der Waals surface area contributed by atoms with E-state index in [-0.39, 0.29) is 0 Å². The first-order valence-electron chi connectivity index (χ1n) is 7.31. The molecule has 22 heavy (non-hydrogen) atoms. The van der Waals surface area contributed by atoms with Crippen molar-refractivity contribution in [3.05, 3.63) is 66.7 Å². The minimum atomic E-state index is -0.963. The van der Waals surface area contributed by atoms with Gasteiger partial charge in [0.1, 0.15) is 5.75 Å². The van der Waals surface area contributed by atoms with Gasteiger partial charge in [-0.1, -0.05) is 48.5 Å². The third-order valence-electron chi connectivity index (χ3n) is 4.34. The number of nitrogens with zero attached hydrogens (tertiary/aromatic N) is 1. The van der Waals surface area contributed by atoms with E-state index in [4.69, 9.17) is 4.65 Å². The maximum absolute atomic E-state index is 10.5. The van der Waals surface area contributed by atoms with Crippen LogP contribution in [0.25, 0.3) is 27.5 Å². The molecular weight excluding hydrogens is 273 g/mol. The first-order valence-corrected chi connectivity index (χ1v) is 7.31. The van der Waals surface area contributed by atoms with Gasteiger partial charge in [0.05, 0.1) is 16.7 Å². The van der Waals surface area contributed by atoms with E-state index in [1.807, 2.05) is 48.5 Å². The largest absolute Gasteiger partial charge is 0.562 e. The summed E-state index contributed by atoms with van der Waals surface area (Å²) in [6.07, 6.45) is 0. The number of benzene rings is 3. The van der Waals surface area contributed by atoms with Crippen LogP contribution in [-0.2, 0) is 0 Å². The monoisotopic (exact) mass is 285 g/mol. The third kappa shape index (κ3) is 1.40. The lowest BCUT2D eigenvalue weighted by molar-refractivity contribution is 0.433. The molecule has 1 N–H and O–H groups in total. The molecule has 0 aliphatic carbocycles. The Morgan fingerprint density at radius 1 is 0.818 bits per heavy atom. The van der Waals surface area contributed by atoms with E-state index < -0.39 is 7.12 Å². The summed E-state index contributed by atoms with van der Waals surface area (Å²) in [4.78, 5) is 0. The second-order valence-electron chi connectivity index (χ2n) is 5.53. The van der Waals surface area contributed by atoms with Crippen LogP contribution in [0.3, 0.4) is 0 Å². The zero-order valence-corrected chi connectivity index (χ0v) is 11.7. The number of para-hydroxylation sites is 4. The highest BCUT2D eigenvalue weighted by Crippen LogP contribution is 2.36. The van der Waals surface area contributed by atoms with E-state index in [2.05, 4.69) is 22.8 Å². The Bertz CT molecular complexity index is 1040. The summed E-state index contributed by atoms with van der Waals surface area (Å²) in [7, 11) is -0.963. The third-order valence-corrected chi connectivity index (χ3v) is 4.34. The quantitative estimate of drug-likeness (QED) is 0.504. The van der Waals surface area contributed by atoms with Crippen molar-refractivity contribution in [3.8, 4) is 11.4 Å². The Kier molecular flexibility index (Phi) is 2.24. The van der Waals surface area contributed by atoms with Crippen molar-refractivity contribution in [2.45, 2.75) is 0 Å². The normalized spacial score (nSPS) is 13.0. The standard InChI is InChI=1S/C18H12BNO2/c21-19-14-8-5-7-13-12-6-1-2-9-15(12)20(18(13)14)16-10-3-4-11-17(16)22-19/h1-11,21H. The Hall–Kier alpha value is -2.72. The molecule has 4 heteroatoms. The van der Waals surface area contributed by atoms with Crippen LogP contribution < -0.4 is 10.1 Å². The van der Waals surface area contributed by atoms with Crippen LogP contribution in [0, 0.1) is 0 Å². The lowest BCUT2D eigenvalue weighted by Gasteiger charge is -2.11. The van der Waals surface area contributed by atoms with Crippen LogP contribution in [0.4, 0.5) is 0 Å². The van der Waals surface area contributed by atoms with Crippen molar-refractivity contribution in [1.82, 2.24) is 4.57 Å². The number of fused-ring (bicyclic) bond motifs is 5. The van der Waals surface area contributed by atoms with Gasteiger partial charge in [0.25, 0.3) is 0 Å². The van der Waals surface area contributed by atoms with Crippen LogP contribution in [0.2, 0.25) is 0 Å². The maximum atomic E-state index is 10.5. The molecule has 0 atom stereocenters. The van der Waals surface area contributed by atoms with Gasteiger partial charge in [-0.15, -0.1) is 0 Å². The summed E-state index contributed by atoms with van der Waals surface area (Å²) in [6.45, 7) is 0. The molecule has 4 aromatic rings. The predicted molar refractivity (Wildman–Crippen MR) is 89.0 cm³/mol. The fourth-order valence-electron chi connectivity index (χ4n) is 3.42. The SMILES string of the molecule is OB1Oc2ccccc2-n2c3ccccc3c3cccc1c32. The molecule has 104 valence electrons. The molecule has 1 aliphatic rings. The summed E-state index contributed by atoms with van der Waals surface area (Å²) in [5.41, 5.74) is 3.89. The van der Waals surface area contributed by atoms with Gasteiger partial charge in [0, 0.05) is 16.2 Å². The lowest BCUT2D eigenvalue weighted by atomic mass is 9.78. The molecule has 0 fully saturated rings. The molecule has 1 aliphatic heterocycles. The Morgan fingerprint density at radius 3 is 2.55 bits per heavy atom. The smallest absolute Gasteiger partial charge is 0.531 e. The van der Waals surface area contributed by atoms with Gasteiger partial charge < -0.3 is 14.2 Å². The highest BCUT2D eigenvalue weighted by atomic mass is 16.5. The van der Waals surface area contributed by atoms with Crippen LogP contribution in [-0.4, -0.2) is 16.7 Å². The molecule has 3 aromatic carbocycles. The molecule has 0 radical (unpaired) electrons. The van der Waals surface area contributed by atoms with Crippen molar-refractivity contribution >= 4 is 34.4 Å². The number of aromatic nitrogens is 1. The average molecular weight is 285 g/mol. The van der Waals surface area contributed by atoms with Crippen molar-refractivity contribution in [2.24, 2.45) is 0 Å². The predicted octanol–water partition coefficient (Wildman–Crippen LogP) is 2.86. The summed E-state index contributed by atoms with van der Waals surface area (Å²) in [5, 5.41) is 12.8. The van der Waals surface area contributed by atoms with Crippen molar-refractivity contribution in [2.75, 3.05) is 0 Å². The van der Waals surface area contributed by atoms with Crippen LogP contribution in [0.15, 0.2) is 66.7 Å². The fraction of sp³-hybridized carbons (Fsp3) is 0. The van der Waals surface area contributed by atoms with E-state index in [0.29, 0.717) is 5.75 Å². The van der Waals surface area contributed by atoms with E-state index >= 15 is 0 Å². The highest BCUT2D eigenvalue weighted by Gasteiger charge is 2.30. The van der Waals surface area contributed by atoms with Gasteiger partial charge in [-0.25, -0.2) is 0 Å². The van der Waals surface area contributed by atoms with Crippen LogP contribution >= 0.6 is 0 Å². The molecule has 0 bridgehead atoms. The molecule has 2 heterocycles. The number of hydrogen-bond donors (Lipinski definition) is 1. The minimum Gasteiger partial charge on any atom is -0.531 e. The van der Waals surface area contributed by atoms with E-state index in [1.165, 1.54) is 5.39 Å². The van der Waals surface area contributed by atoms with Gasteiger partial charge in [-0.3, -0.25) is 0 Å². The Morgan fingerprint density at radius 2 is 1.59 bits per heavy atom. The van der Waals surface area contributed by atoms with E-state index in [1.54, 1.807) is 0 Å². The second kappa shape index (κ2) is 4.15. The minimum absolute atomic E-state index is 0.689. The van der Waals surface area contributed by atoms with E-state index in [9.17, 15) is 5.02 Å². The van der Waals surface area contributed by atoms with Gasteiger partial charge in [0.2, 0.25) is 0 Å². The van der Waals surface area contributed by atoms with E-state index in [0.717, 1.165) is 27.6 Å². The number of hydrogen-bond acceptors (Lipinski definition) is 2. The van der Waals surface area contributed by atoms with Gasteiger partial charge in [0.15, 0.2) is 0 Å². The lowest BCUT2D eigenvalue weighted by Crippen LogP contribution is -2.36. The summed E-state index contributed by atoms with van der Waals surface area (Å²) in [5.74, 6) is 0.689. The molecule has 0 spiro atoms. The molecule has 1 aromatic heterocycles. The molecular formula is C18H12BNO2. The summed E-state index contributed by atoms with van der Waals surface area (Å²) in [6, 6.07) is 22.1. The Labute approximate surface area is 127 Å². The fourth-order valence-corrected chi connectivity index (χ4v) is 3.42. The second-order valence-corrected chi connectivity index (χ2v) is 5.53. The van der Waals surface area contributed by atoms with Gasteiger partial charge >= 0.3 is 7.12 Å². The molecule has 0 unspecified atom stereocenters. The van der Waals surface area contributed by atoms with Crippen molar-refractivity contribution < 1.29 is 9.68 Å². The average Bonchev–Trinajstić information content (AvgIpc) is 2.83. The molecule has 3 nitrogen and oxygen atoms in total. The first-order chi connectivity index (χ1) is 10.8. The van der Waals surface area contributed by atoms with Gasteiger partial charge in [-0.05, 0) is 18.2 Å². The zero-order chi connectivity index (χ0) is 14.7. The summed E-state index contributed by atoms with van der Waals surface area (Å²) < 4.78 is 7.96. The molecule has 5 rings (SSSR count). The summed E-state index contributed by atoms with van der Waals surface area (Å²) >= 11 is 0. The number of rotatable bonds is 0. The molecule has 0 saturated carbocycles. The molecule has 0 saturated heterocycles. The zero-order valence-electron chi connectivity index (χ0n) is 11.7. The highest BCUT2D eigenvalue weighted by molar-refractivity contribution is 6.64. The van der Waals surface area contributed by atoms with Gasteiger partial charge in [-0.2, -0.15) is 0 Å². The van der Waals surface area contributed by atoms with Crippen molar-refractivity contribution in [3.63, 3.8) is 0 Å². The Balaban J connectivity index is 2.10. The van der Waals surface area contributed by atoms with Crippen LogP contribution in [0.1, 0.15) is 0 Å². The van der Waals surface area contributed by atoms with Crippen molar-refractivity contribution in [1.29, 1.82) is 0 Å². The van der Waals surface area contributed by atoms with Crippen LogP contribution in [0.5, 0.6) is 5.75 Å². The molecule has 0 amide bonds. The topological polar surface area (TPSA) is 34.4 Å². The first kappa shape index (κ1) is 11.9.